The van der Waals surface area contributed by atoms with Crippen LogP contribution < -0.4 is 5.32 Å². The van der Waals surface area contributed by atoms with Crippen molar-refractivity contribution >= 4 is 33.3 Å². The molecule has 1 fully saturated rings. The predicted molar refractivity (Wildman–Crippen MR) is 105 cm³/mol. The SMILES string of the molecule is COC(=O)CCNc1nc(CN2CCOCC2)nc2sc3c(c12)CCCC3. The number of hydrogen-bond donors (Lipinski definition) is 1. The van der Waals surface area contributed by atoms with E-state index in [0.29, 0.717) is 13.0 Å². The second-order valence-corrected chi connectivity index (χ2v) is 8.10. The van der Waals surface area contributed by atoms with Crippen molar-refractivity contribution in [3.8, 4) is 0 Å². The molecule has 2 aliphatic rings. The Morgan fingerprint density at radius 1 is 1.26 bits per heavy atom. The zero-order valence-electron chi connectivity index (χ0n) is 15.8. The van der Waals surface area contributed by atoms with Crippen molar-refractivity contribution in [1.29, 1.82) is 0 Å². The van der Waals surface area contributed by atoms with Gasteiger partial charge in [-0.3, -0.25) is 9.69 Å². The highest BCUT2D eigenvalue weighted by Crippen LogP contribution is 2.38. The number of rotatable bonds is 6. The minimum atomic E-state index is -0.214. The summed E-state index contributed by atoms with van der Waals surface area (Å²) in [6.45, 7) is 4.59. The molecule has 1 saturated heterocycles. The van der Waals surface area contributed by atoms with Crippen LogP contribution in [0.3, 0.4) is 0 Å². The second-order valence-electron chi connectivity index (χ2n) is 7.02. The maximum absolute atomic E-state index is 11.5. The molecular formula is C19H26N4O3S. The van der Waals surface area contributed by atoms with Gasteiger partial charge in [-0.1, -0.05) is 0 Å². The second kappa shape index (κ2) is 8.50. The summed E-state index contributed by atoms with van der Waals surface area (Å²) in [7, 11) is 1.42. The molecule has 0 spiro atoms. The molecule has 0 saturated carbocycles. The molecule has 0 radical (unpaired) electrons. The van der Waals surface area contributed by atoms with E-state index in [1.165, 1.54) is 30.4 Å². The van der Waals surface area contributed by atoms with E-state index in [0.717, 1.165) is 67.5 Å². The molecule has 2 aromatic rings. The fourth-order valence-electron chi connectivity index (χ4n) is 3.74. The van der Waals surface area contributed by atoms with Crippen molar-refractivity contribution in [2.45, 2.75) is 38.6 Å². The molecule has 1 aliphatic carbocycles. The zero-order valence-corrected chi connectivity index (χ0v) is 16.6. The number of thiophene rings is 1. The number of aromatic nitrogens is 2. The van der Waals surface area contributed by atoms with Gasteiger partial charge in [-0.25, -0.2) is 9.97 Å². The highest BCUT2D eigenvalue weighted by atomic mass is 32.1. The Balaban J connectivity index is 1.62. The Morgan fingerprint density at radius 2 is 2.07 bits per heavy atom. The van der Waals surface area contributed by atoms with Crippen LogP contribution in [-0.4, -0.2) is 60.8 Å². The van der Waals surface area contributed by atoms with Crippen molar-refractivity contribution in [1.82, 2.24) is 14.9 Å². The summed E-state index contributed by atoms with van der Waals surface area (Å²) in [4.78, 5) is 26.1. The van der Waals surface area contributed by atoms with Gasteiger partial charge in [0.05, 0.1) is 38.7 Å². The highest BCUT2D eigenvalue weighted by molar-refractivity contribution is 7.19. The number of nitrogens with zero attached hydrogens (tertiary/aromatic N) is 3. The molecule has 0 atom stereocenters. The number of anilines is 1. The minimum absolute atomic E-state index is 0.214. The number of fused-ring (bicyclic) bond motifs is 3. The molecule has 0 unspecified atom stereocenters. The molecule has 146 valence electrons. The topological polar surface area (TPSA) is 76.6 Å². The number of carbonyl (C=O) groups is 1. The van der Waals surface area contributed by atoms with Crippen LogP contribution in [0.4, 0.5) is 5.82 Å². The van der Waals surface area contributed by atoms with Crippen molar-refractivity contribution in [3.05, 3.63) is 16.3 Å². The minimum Gasteiger partial charge on any atom is -0.469 e. The third-order valence-corrected chi connectivity index (χ3v) is 6.36. The molecule has 4 rings (SSSR count). The van der Waals surface area contributed by atoms with Gasteiger partial charge in [0, 0.05) is 24.5 Å². The Labute approximate surface area is 163 Å². The molecule has 0 aromatic carbocycles. The first-order chi connectivity index (χ1) is 13.2. The van der Waals surface area contributed by atoms with Crippen molar-refractivity contribution in [2.75, 3.05) is 45.3 Å². The first-order valence-electron chi connectivity index (χ1n) is 9.66. The Hall–Kier alpha value is -1.77. The largest absolute Gasteiger partial charge is 0.469 e. The predicted octanol–water partition coefficient (Wildman–Crippen LogP) is 2.38. The van der Waals surface area contributed by atoms with Crippen LogP contribution in [0.2, 0.25) is 0 Å². The molecule has 2 aromatic heterocycles. The van der Waals surface area contributed by atoms with Crippen LogP contribution in [0, 0.1) is 0 Å². The van der Waals surface area contributed by atoms with Crippen LogP contribution in [-0.2, 0) is 33.7 Å². The summed E-state index contributed by atoms with van der Waals surface area (Å²) in [5.74, 6) is 1.49. The van der Waals surface area contributed by atoms with Crippen molar-refractivity contribution in [3.63, 3.8) is 0 Å². The summed E-state index contributed by atoms with van der Waals surface area (Å²) < 4.78 is 10.2. The first kappa shape index (κ1) is 18.6. The Morgan fingerprint density at radius 3 is 2.89 bits per heavy atom. The van der Waals surface area contributed by atoms with Crippen LogP contribution in [0.25, 0.3) is 10.2 Å². The molecule has 1 N–H and O–H groups in total. The standard InChI is InChI=1S/C19H26N4O3S/c1-25-16(24)6-7-20-18-17-13-4-2-3-5-14(13)27-19(17)22-15(21-18)12-23-8-10-26-11-9-23/h2-12H2,1H3,(H,20,21,22). The quantitative estimate of drug-likeness (QED) is 0.759. The van der Waals surface area contributed by atoms with E-state index in [-0.39, 0.29) is 5.97 Å². The lowest BCUT2D eigenvalue weighted by Gasteiger charge is -2.25. The maximum Gasteiger partial charge on any atom is 0.307 e. The lowest BCUT2D eigenvalue weighted by atomic mass is 9.97. The van der Waals surface area contributed by atoms with E-state index in [2.05, 4.69) is 10.2 Å². The van der Waals surface area contributed by atoms with Crippen LogP contribution in [0.15, 0.2) is 0 Å². The molecule has 3 heterocycles. The summed E-state index contributed by atoms with van der Waals surface area (Å²) in [6.07, 6.45) is 5.02. The third-order valence-electron chi connectivity index (χ3n) is 5.18. The van der Waals surface area contributed by atoms with Gasteiger partial charge < -0.3 is 14.8 Å². The van der Waals surface area contributed by atoms with Crippen molar-refractivity contribution in [2.24, 2.45) is 0 Å². The number of morpholine rings is 1. The van der Waals surface area contributed by atoms with E-state index in [9.17, 15) is 4.79 Å². The van der Waals surface area contributed by atoms with Gasteiger partial charge in [0.2, 0.25) is 0 Å². The molecule has 0 bridgehead atoms. The normalized spacial score (nSPS) is 17.7. The van der Waals surface area contributed by atoms with Crippen LogP contribution >= 0.6 is 11.3 Å². The number of nitrogens with one attached hydrogen (secondary N) is 1. The van der Waals surface area contributed by atoms with Gasteiger partial charge in [-0.15, -0.1) is 11.3 Å². The van der Waals surface area contributed by atoms with Gasteiger partial charge in [0.1, 0.15) is 16.5 Å². The summed E-state index contributed by atoms with van der Waals surface area (Å²) in [5, 5.41) is 4.54. The Kier molecular flexibility index (Phi) is 5.85. The smallest absolute Gasteiger partial charge is 0.307 e. The zero-order chi connectivity index (χ0) is 18.6. The van der Waals surface area contributed by atoms with E-state index < -0.39 is 0 Å². The Bertz CT molecular complexity index is 817. The lowest BCUT2D eigenvalue weighted by Crippen LogP contribution is -2.36. The van der Waals surface area contributed by atoms with E-state index >= 15 is 0 Å². The number of methoxy groups -OCH3 is 1. The van der Waals surface area contributed by atoms with E-state index in [1.54, 1.807) is 0 Å². The van der Waals surface area contributed by atoms with Gasteiger partial charge in [0.25, 0.3) is 0 Å². The van der Waals surface area contributed by atoms with Gasteiger partial charge in [-0.05, 0) is 31.2 Å². The number of hydrogen-bond acceptors (Lipinski definition) is 8. The van der Waals surface area contributed by atoms with Crippen LogP contribution in [0.5, 0.6) is 0 Å². The van der Waals surface area contributed by atoms with E-state index in [4.69, 9.17) is 19.4 Å². The number of aryl methyl sites for hydroxylation is 2. The monoisotopic (exact) mass is 390 g/mol. The first-order valence-corrected chi connectivity index (χ1v) is 10.5. The number of ether oxygens (including phenoxy) is 2. The van der Waals surface area contributed by atoms with Gasteiger partial charge in [-0.2, -0.15) is 0 Å². The number of esters is 1. The van der Waals surface area contributed by atoms with Gasteiger partial charge >= 0.3 is 5.97 Å². The molecule has 8 heteroatoms. The molecule has 27 heavy (non-hydrogen) atoms. The van der Waals surface area contributed by atoms with Crippen molar-refractivity contribution < 1.29 is 14.3 Å². The highest BCUT2D eigenvalue weighted by Gasteiger charge is 2.22. The van der Waals surface area contributed by atoms with Crippen LogP contribution in [0.1, 0.15) is 35.5 Å². The molecule has 1 aliphatic heterocycles. The fourth-order valence-corrected chi connectivity index (χ4v) is 5.02. The lowest BCUT2D eigenvalue weighted by molar-refractivity contribution is -0.140. The number of carbonyl (C=O) groups excluding carboxylic acids is 1. The molecule has 7 nitrogen and oxygen atoms in total. The maximum atomic E-state index is 11.5. The summed E-state index contributed by atoms with van der Waals surface area (Å²) in [5.41, 5.74) is 1.40. The summed E-state index contributed by atoms with van der Waals surface area (Å²) in [6, 6.07) is 0. The molecule has 0 amide bonds. The average molecular weight is 391 g/mol. The van der Waals surface area contributed by atoms with Gasteiger partial charge in [0.15, 0.2) is 0 Å². The third kappa shape index (κ3) is 4.23. The average Bonchev–Trinajstić information content (AvgIpc) is 3.07. The van der Waals surface area contributed by atoms with E-state index in [1.807, 2.05) is 11.3 Å². The molecular weight excluding hydrogens is 364 g/mol. The summed E-state index contributed by atoms with van der Waals surface area (Å²) >= 11 is 1.81. The fraction of sp³-hybridized carbons (Fsp3) is 0.632.